The average molecular weight is 250 g/mol. The Bertz CT molecular complexity index is 435. The zero-order valence-electron chi connectivity index (χ0n) is 9.91. The maximum absolute atomic E-state index is 8.72. The normalized spacial score (nSPS) is 16.3. The summed E-state index contributed by atoms with van der Waals surface area (Å²) in [5.41, 5.74) is 0.492. The van der Waals surface area contributed by atoms with E-state index in [-0.39, 0.29) is 0 Å². The molecule has 0 radical (unpaired) electrons. The van der Waals surface area contributed by atoms with Crippen LogP contribution in [0.1, 0.15) is 38.2 Å². The molecule has 1 heterocycles. The van der Waals surface area contributed by atoms with Crippen LogP contribution in [0.15, 0.2) is 12.3 Å². The zero-order valence-corrected chi connectivity index (χ0v) is 10.7. The van der Waals surface area contributed by atoms with Gasteiger partial charge in [-0.25, -0.2) is 4.98 Å². The fourth-order valence-electron chi connectivity index (χ4n) is 1.80. The average Bonchev–Trinajstić information content (AvgIpc) is 3.13. The molecule has 0 aromatic carbocycles. The summed E-state index contributed by atoms with van der Waals surface area (Å²) >= 11 is 6.05. The Hall–Kier alpha value is -1.27. The first-order valence-corrected chi connectivity index (χ1v) is 6.39. The molecule has 0 saturated heterocycles. The van der Waals surface area contributed by atoms with Crippen molar-refractivity contribution in [2.75, 3.05) is 5.32 Å². The van der Waals surface area contributed by atoms with E-state index in [0.717, 1.165) is 12.3 Å². The van der Waals surface area contributed by atoms with E-state index in [0.29, 0.717) is 22.4 Å². The number of nitriles is 1. The molecule has 0 aliphatic heterocycles. The van der Waals surface area contributed by atoms with Crippen LogP contribution in [0.3, 0.4) is 0 Å². The molecule has 1 saturated carbocycles. The van der Waals surface area contributed by atoms with Gasteiger partial charge in [0.1, 0.15) is 11.9 Å². The van der Waals surface area contributed by atoms with Crippen molar-refractivity contribution in [3.05, 3.63) is 22.8 Å². The number of rotatable bonds is 5. The van der Waals surface area contributed by atoms with E-state index in [1.807, 2.05) is 6.07 Å². The van der Waals surface area contributed by atoms with Gasteiger partial charge in [0.2, 0.25) is 0 Å². The summed E-state index contributed by atoms with van der Waals surface area (Å²) in [6.45, 7) is 2.14. The van der Waals surface area contributed by atoms with Crippen LogP contribution in [0.5, 0.6) is 0 Å². The molecule has 17 heavy (non-hydrogen) atoms. The van der Waals surface area contributed by atoms with E-state index < -0.39 is 0 Å². The highest BCUT2D eigenvalue weighted by molar-refractivity contribution is 6.33. The number of pyridine rings is 1. The second-order valence-electron chi connectivity index (χ2n) is 4.73. The predicted molar refractivity (Wildman–Crippen MR) is 69.0 cm³/mol. The lowest BCUT2D eigenvalue weighted by molar-refractivity contribution is 0.609. The molecule has 1 aliphatic rings. The van der Waals surface area contributed by atoms with Gasteiger partial charge in [0.25, 0.3) is 0 Å². The topological polar surface area (TPSA) is 48.7 Å². The van der Waals surface area contributed by atoms with Gasteiger partial charge < -0.3 is 5.32 Å². The molecular weight excluding hydrogens is 234 g/mol. The minimum absolute atomic E-state index is 0.369. The summed E-state index contributed by atoms with van der Waals surface area (Å²) < 4.78 is 0. The number of aromatic nitrogens is 1. The van der Waals surface area contributed by atoms with Crippen LogP contribution in [0.25, 0.3) is 0 Å². The molecule has 1 aromatic rings. The van der Waals surface area contributed by atoms with Crippen LogP contribution in [-0.2, 0) is 0 Å². The molecule has 4 heteroatoms. The molecule has 1 fully saturated rings. The molecule has 0 spiro atoms. The van der Waals surface area contributed by atoms with E-state index in [1.165, 1.54) is 19.3 Å². The molecule has 0 amide bonds. The highest BCUT2D eigenvalue weighted by atomic mass is 35.5. The molecule has 0 bridgehead atoms. The standard InChI is InChI=1S/C13H16ClN3/c1-9(2-3-10-4-5-10)17-13-12(14)6-11(7-15)8-16-13/h6,8-10H,2-5H2,1H3,(H,16,17). The number of halogens is 1. The first-order valence-electron chi connectivity index (χ1n) is 6.01. The molecule has 1 aromatic heterocycles. The van der Waals surface area contributed by atoms with Crippen molar-refractivity contribution >= 4 is 17.4 Å². The van der Waals surface area contributed by atoms with Gasteiger partial charge in [-0.2, -0.15) is 5.26 Å². The van der Waals surface area contributed by atoms with E-state index >= 15 is 0 Å². The van der Waals surface area contributed by atoms with Crippen LogP contribution < -0.4 is 5.32 Å². The molecule has 1 N–H and O–H groups in total. The van der Waals surface area contributed by atoms with E-state index in [9.17, 15) is 0 Å². The van der Waals surface area contributed by atoms with E-state index in [1.54, 1.807) is 12.3 Å². The van der Waals surface area contributed by atoms with Gasteiger partial charge >= 0.3 is 0 Å². The van der Waals surface area contributed by atoms with Crippen molar-refractivity contribution in [2.24, 2.45) is 5.92 Å². The third kappa shape index (κ3) is 3.61. The molecule has 3 nitrogen and oxygen atoms in total. The summed E-state index contributed by atoms with van der Waals surface area (Å²) in [5, 5.41) is 12.5. The van der Waals surface area contributed by atoms with Gasteiger partial charge in [0.15, 0.2) is 0 Å². The molecule has 1 aliphatic carbocycles. The summed E-state index contributed by atoms with van der Waals surface area (Å²) in [7, 11) is 0. The van der Waals surface area contributed by atoms with Gasteiger partial charge in [-0.1, -0.05) is 24.4 Å². The number of nitrogens with zero attached hydrogens (tertiary/aromatic N) is 2. The lowest BCUT2D eigenvalue weighted by Gasteiger charge is -2.15. The monoisotopic (exact) mass is 249 g/mol. The second kappa shape index (κ2) is 5.37. The Balaban J connectivity index is 1.90. The van der Waals surface area contributed by atoms with Crippen molar-refractivity contribution in [2.45, 2.75) is 38.6 Å². The number of hydrogen-bond donors (Lipinski definition) is 1. The molecular formula is C13H16ClN3. The van der Waals surface area contributed by atoms with Gasteiger partial charge in [-0.3, -0.25) is 0 Å². The summed E-state index contributed by atoms with van der Waals surface area (Å²) in [4.78, 5) is 4.17. The molecule has 90 valence electrons. The largest absolute Gasteiger partial charge is 0.366 e. The predicted octanol–water partition coefficient (Wildman–Crippen LogP) is 3.60. The number of nitrogens with one attached hydrogen (secondary N) is 1. The third-order valence-corrected chi connectivity index (χ3v) is 3.35. The summed E-state index contributed by atoms with van der Waals surface area (Å²) in [5.74, 6) is 1.62. The van der Waals surface area contributed by atoms with Crippen LogP contribution in [0.2, 0.25) is 5.02 Å². The minimum Gasteiger partial charge on any atom is -0.366 e. The quantitative estimate of drug-likeness (QED) is 0.868. The van der Waals surface area contributed by atoms with E-state index in [2.05, 4.69) is 17.2 Å². The Morgan fingerprint density at radius 1 is 1.65 bits per heavy atom. The van der Waals surface area contributed by atoms with Gasteiger partial charge in [0.05, 0.1) is 10.6 Å². The third-order valence-electron chi connectivity index (χ3n) is 3.06. The van der Waals surface area contributed by atoms with Crippen LogP contribution >= 0.6 is 11.6 Å². The van der Waals surface area contributed by atoms with Crippen LogP contribution in [0.4, 0.5) is 5.82 Å². The maximum atomic E-state index is 8.72. The van der Waals surface area contributed by atoms with Crippen LogP contribution in [-0.4, -0.2) is 11.0 Å². The second-order valence-corrected chi connectivity index (χ2v) is 5.14. The van der Waals surface area contributed by atoms with Gasteiger partial charge in [0, 0.05) is 12.2 Å². The SMILES string of the molecule is CC(CCC1CC1)Nc1ncc(C#N)cc1Cl. The highest BCUT2D eigenvalue weighted by Crippen LogP contribution is 2.34. The highest BCUT2D eigenvalue weighted by Gasteiger charge is 2.21. The number of hydrogen-bond acceptors (Lipinski definition) is 3. The van der Waals surface area contributed by atoms with Crippen molar-refractivity contribution in [1.82, 2.24) is 4.98 Å². The van der Waals surface area contributed by atoms with Crippen molar-refractivity contribution in [1.29, 1.82) is 5.26 Å². The first-order chi connectivity index (χ1) is 8.19. The maximum Gasteiger partial charge on any atom is 0.145 e. The summed E-state index contributed by atoms with van der Waals surface area (Å²) in [6.07, 6.45) is 6.75. The number of anilines is 1. The Kier molecular flexibility index (Phi) is 3.86. The van der Waals surface area contributed by atoms with Crippen LogP contribution in [0, 0.1) is 17.2 Å². The zero-order chi connectivity index (χ0) is 12.3. The van der Waals surface area contributed by atoms with E-state index in [4.69, 9.17) is 16.9 Å². The fraction of sp³-hybridized carbons (Fsp3) is 0.538. The fourth-order valence-corrected chi connectivity index (χ4v) is 2.02. The lowest BCUT2D eigenvalue weighted by Crippen LogP contribution is -2.16. The van der Waals surface area contributed by atoms with Crippen molar-refractivity contribution in [3.8, 4) is 6.07 Å². The molecule has 1 atom stereocenters. The Morgan fingerprint density at radius 3 is 3.00 bits per heavy atom. The minimum atomic E-state index is 0.369. The van der Waals surface area contributed by atoms with Crippen molar-refractivity contribution < 1.29 is 0 Å². The molecule has 2 rings (SSSR count). The van der Waals surface area contributed by atoms with Gasteiger partial charge in [-0.15, -0.1) is 0 Å². The smallest absolute Gasteiger partial charge is 0.145 e. The lowest BCUT2D eigenvalue weighted by atomic mass is 10.1. The molecule has 1 unspecified atom stereocenters. The Morgan fingerprint density at radius 2 is 2.41 bits per heavy atom. The Labute approximate surface area is 107 Å². The van der Waals surface area contributed by atoms with Crippen molar-refractivity contribution in [3.63, 3.8) is 0 Å². The first kappa shape index (κ1) is 12.2. The van der Waals surface area contributed by atoms with Gasteiger partial charge in [-0.05, 0) is 31.7 Å². The summed E-state index contributed by atoms with van der Waals surface area (Å²) in [6, 6.07) is 4.03.